The number of ether oxygens (including phenoxy) is 1. The van der Waals surface area contributed by atoms with Crippen LogP contribution in [0.3, 0.4) is 0 Å². The first kappa shape index (κ1) is 26.5. The average Bonchev–Trinajstić information content (AvgIpc) is 2.85. The lowest BCUT2D eigenvalue weighted by Crippen LogP contribution is -2.38. The average molecular weight is 541 g/mol. The second-order valence-electron chi connectivity index (χ2n) is 8.34. The van der Waals surface area contributed by atoms with E-state index >= 15 is 0 Å². The summed E-state index contributed by atoms with van der Waals surface area (Å²) in [5.74, 6) is -1.70. The highest BCUT2D eigenvalue weighted by molar-refractivity contribution is 7.92. The van der Waals surface area contributed by atoms with Gasteiger partial charge < -0.3 is 15.4 Å². The summed E-state index contributed by atoms with van der Waals surface area (Å²) >= 11 is 0. The first-order chi connectivity index (χ1) is 17.6. The summed E-state index contributed by atoms with van der Waals surface area (Å²) in [5, 5.41) is 6.60. The number of hydrogen-bond donors (Lipinski definition) is 3. The third-order valence-corrected chi connectivity index (χ3v) is 6.68. The van der Waals surface area contributed by atoms with Gasteiger partial charge in [-0.15, -0.1) is 0 Å². The van der Waals surface area contributed by atoms with Gasteiger partial charge in [0.05, 0.1) is 29.1 Å². The van der Waals surface area contributed by atoms with Gasteiger partial charge in [-0.3, -0.25) is 4.72 Å². The Balaban J connectivity index is 1.49. The molecule has 4 rings (SSSR count). The molecule has 1 saturated heterocycles. The molecule has 1 aliphatic rings. The van der Waals surface area contributed by atoms with Crippen molar-refractivity contribution in [3.8, 4) is 22.9 Å². The molecule has 37 heavy (non-hydrogen) atoms. The van der Waals surface area contributed by atoms with Crippen molar-refractivity contribution in [2.45, 2.75) is 31.5 Å². The summed E-state index contributed by atoms with van der Waals surface area (Å²) in [6, 6.07) is 8.51. The van der Waals surface area contributed by atoms with E-state index in [2.05, 4.69) is 25.6 Å². The number of pyridine rings is 1. The number of hydrogen-bond acceptors (Lipinski definition) is 8. The number of nitrogens with one attached hydrogen (secondary N) is 3. The third-order valence-electron chi connectivity index (χ3n) is 5.41. The van der Waals surface area contributed by atoms with E-state index in [0.29, 0.717) is 17.2 Å². The molecule has 3 aromatic rings. The van der Waals surface area contributed by atoms with Crippen molar-refractivity contribution in [1.29, 1.82) is 0 Å². The molecular weight excluding hydrogens is 516 g/mol. The van der Waals surface area contributed by atoms with Gasteiger partial charge in [0.2, 0.25) is 21.9 Å². The van der Waals surface area contributed by atoms with Gasteiger partial charge >= 0.3 is 6.18 Å². The monoisotopic (exact) mass is 540 g/mol. The van der Waals surface area contributed by atoms with Crippen LogP contribution in [0.5, 0.6) is 11.6 Å². The van der Waals surface area contributed by atoms with Crippen LogP contribution in [-0.2, 0) is 10.0 Å². The van der Waals surface area contributed by atoms with Crippen LogP contribution < -0.4 is 20.1 Å². The molecule has 0 unspecified atom stereocenters. The number of sulfonamides is 1. The molecule has 0 radical (unpaired) electrons. The molecule has 0 bridgehead atoms. The number of alkyl halides is 3. The fraction of sp³-hybridized carbons (Fsp3) is 0.348. The lowest BCUT2D eigenvalue weighted by Gasteiger charge is -2.23. The quantitative estimate of drug-likeness (QED) is 0.344. The third kappa shape index (κ3) is 7.73. The number of aromatic nitrogens is 3. The van der Waals surface area contributed by atoms with Gasteiger partial charge in [0, 0.05) is 31.0 Å². The summed E-state index contributed by atoms with van der Waals surface area (Å²) in [4.78, 5) is 13.0. The van der Waals surface area contributed by atoms with Crippen molar-refractivity contribution in [2.24, 2.45) is 0 Å². The minimum atomic E-state index is -4.65. The fourth-order valence-electron chi connectivity index (χ4n) is 3.63. The molecule has 1 aromatic carbocycles. The molecule has 0 aliphatic carbocycles. The van der Waals surface area contributed by atoms with Crippen LogP contribution in [-0.4, -0.2) is 54.4 Å². The molecule has 1 atom stereocenters. The Bertz CT molecular complexity index is 1330. The summed E-state index contributed by atoms with van der Waals surface area (Å²) in [6.07, 6.45) is -1.10. The maximum absolute atomic E-state index is 14.6. The summed E-state index contributed by atoms with van der Waals surface area (Å²) in [5.41, 5.74) is 0.519. The number of benzene rings is 1. The SMILES string of the molecule is O=S(=O)(CCC(F)(F)F)Nc1ccc(Oc2ncccc2-c2ccnc(N[C@H]3CCCNC3)n2)cc1F. The highest BCUT2D eigenvalue weighted by atomic mass is 32.2. The molecule has 14 heteroatoms. The van der Waals surface area contributed by atoms with E-state index in [0.717, 1.165) is 38.1 Å². The van der Waals surface area contributed by atoms with Crippen LogP contribution in [0.1, 0.15) is 19.3 Å². The smallest absolute Gasteiger partial charge is 0.390 e. The highest BCUT2D eigenvalue weighted by Gasteiger charge is 2.30. The van der Waals surface area contributed by atoms with Crippen molar-refractivity contribution in [2.75, 3.05) is 28.9 Å². The Labute approximate surface area is 210 Å². The van der Waals surface area contributed by atoms with Crippen LogP contribution in [0.25, 0.3) is 11.3 Å². The Morgan fingerprint density at radius 1 is 1.14 bits per heavy atom. The molecular formula is C23H24F4N6O3S. The fourth-order valence-corrected chi connectivity index (χ4v) is 4.73. The molecule has 3 heterocycles. The number of piperidine rings is 1. The van der Waals surface area contributed by atoms with Crippen molar-refractivity contribution in [1.82, 2.24) is 20.3 Å². The van der Waals surface area contributed by atoms with Gasteiger partial charge in [-0.05, 0) is 49.7 Å². The number of anilines is 2. The van der Waals surface area contributed by atoms with Crippen molar-refractivity contribution >= 4 is 21.7 Å². The molecule has 3 N–H and O–H groups in total. The van der Waals surface area contributed by atoms with Crippen LogP contribution in [0.15, 0.2) is 48.8 Å². The van der Waals surface area contributed by atoms with Gasteiger partial charge in [-0.1, -0.05) is 0 Å². The molecule has 0 spiro atoms. The van der Waals surface area contributed by atoms with E-state index in [1.54, 1.807) is 24.4 Å². The summed E-state index contributed by atoms with van der Waals surface area (Å²) in [7, 11) is -4.41. The van der Waals surface area contributed by atoms with Crippen molar-refractivity contribution < 1.29 is 30.7 Å². The largest absolute Gasteiger partial charge is 0.438 e. The Kier molecular flexibility index (Phi) is 8.07. The predicted octanol–water partition coefficient (Wildman–Crippen LogP) is 4.33. The zero-order valence-corrected chi connectivity index (χ0v) is 20.2. The second kappa shape index (κ2) is 11.3. The molecule has 2 aromatic heterocycles. The zero-order valence-electron chi connectivity index (χ0n) is 19.4. The summed E-state index contributed by atoms with van der Waals surface area (Å²) < 4.78 is 83.0. The molecule has 9 nitrogen and oxygen atoms in total. The van der Waals surface area contributed by atoms with Gasteiger partial charge in [0.15, 0.2) is 5.82 Å². The Hall–Kier alpha value is -3.52. The summed E-state index contributed by atoms with van der Waals surface area (Å²) in [6.45, 7) is 1.77. The number of nitrogens with zero attached hydrogens (tertiary/aromatic N) is 3. The predicted molar refractivity (Wildman–Crippen MR) is 129 cm³/mol. The van der Waals surface area contributed by atoms with Crippen LogP contribution in [0.4, 0.5) is 29.2 Å². The molecule has 0 amide bonds. The zero-order chi connectivity index (χ0) is 26.5. The van der Waals surface area contributed by atoms with Crippen LogP contribution in [0.2, 0.25) is 0 Å². The first-order valence-corrected chi connectivity index (χ1v) is 13.0. The molecule has 1 fully saturated rings. The van der Waals surface area contributed by atoms with E-state index < -0.39 is 39.9 Å². The van der Waals surface area contributed by atoms with Gasteiger partial charge in [-0.2, -0.15) is 13.2 Å². The highest BCUT2D eigenvalue weighted by Crippen LogP contribution is 2.32. The van der Waals surface area contributed by atoms with E-state index in [-0.39, 0.29) is 17.7 Å². The first-order valence-electron chi connectivity index (χ1n) is 11.4. The van der Waals surface area contributed by atoms with Gasteiger partial charge in [-0.25, -0.2) is 27.8 Å². The van der Waals surface area contributed by atoms with Crippen molar-refractivity contribution in [3.63, 3.8) is 0 Å². The minimum absolute atomic E-state index is 0.00336. The topological polar surface area (TPSA) is 118 Å². The van der Waals surface area contributed by atoms with Gasteiger partial charge in [0.25, 0.3) is 0 Å². The van der Waals surface area contributed by atoms with Gasteiger partial charge in [0.1, 0.15) is 5.75 Å². The number of rotatable bonds is 9. The molecule has 0 saturated carbocycles. The standard InChI is InChI=1S/C23H24F4N6O3S/c24-18-13-16(5-6-20(18)33-37(34,35)12-8-23(25,26)27)36-21-17(4-2-10-29-21)19-7-11-30-22(32-19)31-15-3-1-9-28-14-15/h2,4-7,10-11,13,15,28,33H,1,3,8-9,12,14H2,(H,30,31,32)/t15-/m0/s1. The molecule has 1 aliphatic heterocycles. The van der Waals surface area contributed by atoms with E-state index in [1.807, 2.05) is 4.72 Å². The van der Waals surface area contributed by atoms with E-state index in [9.17, 15) is 26.0 Å². The lowest BCUT2D eigenvalue weighted by molar-refractivity contribution is -0.129. The van der Waals surface area contributed by atoms with E-state index in [4.69, 9.17) is 4.74 Å². The maximum Gasteiger partial charge on any atom is 0.390 e. The minimum Gasteiger partial charge on any atom is -0.438 e. The van der Waals surface area contributed by atoms with Crippen LogP contribution >= 0.6 is 0 Å². The second-order valence-corrected chi connectivity index (χ2v) is 10.2. The maximum atomic E-state index is 14.6. The Morgan fingerprint density at radius 3 is 2.70 bits per heavy atom. The lowest BCUT2D eigenvalue weighted by atomic mass is 10.1. The number of halogens is 4. The van der Waals surface area contributed by atoms with Crippen LogP contribution in [0, 0.1) is 5.82 Å². The Morgan fingerprint density at radius 2 is 1.97 bits per heavy atom. The molecule has 198 valence electrons. The normalized spacial score (nSPS) is 16.3. The van der Waals surface area contributed by atoms with Crippen molar-refractivity contribution in [3.05, 3.63) is 54.6 Å². The van der Waals surface area contributed by atoms with E-state index in [1.165, 1.54) is 12.3 Å².